The minimum atomic E-state index is -4.37. The van der Waals surface area contributed by atoms with Gasteiger partial charge in [-0.2, -0.15) is 13.1 Å². The number of rotatable bonds is 5. The van der Waals surface area contributed by atoms with Crippen molar-refractivity contribution < 1.29 is 17.2 Å². The van der Waals surface area contributed by atoms with Gasteiger partial charge in [-0.1, -0.05) is 15.9 Å². The molecule has 1 saturated carbocycles. The third-order valence-electron chi connectivity index (χ3n) is 1.81. The Bertz CT molecular complexity index is 266. The van der Waals surface area contributed by atoms with E-state index < -0.39 is 15.8 Å². The number of nitrogens with zero attached hydrogens (tertiary/aromatic N) is 1. The summed E-state index contributed by atoms with van der Waals surface area (Å²) in [5.41, 5.74) is 0. The third-order valence-corrected chi connectivity index (χ3v) is 3.75. The summed E-state index contributed by atoms with van der Waals surface area (Å²) < 4.78 is 47.3. The molecule has 0 radical (unpaired) electrons. The highest BCUT2D eigenvalue weighted by atomic mass is 79.9. The summed E-state index contributed by atoms with van der Waals surface area (Å²) in [7, 11) is -4.37. The van der Waals surface area contributed by atoms with E-state index in [0.717, 1.165) is 4.31 Å². The van der Waals surface area contributed by atoms with Crippen molar-refractivity contribution in [2.45, 2.75) is 24.6 Å². The van der Waals surface area contributed by atoms with Crippen LogP contribution in [0.5, 0.6) is 0 Å². The third kappa shape index (κ3) is 2.60. The molecule has 0 N–H and O–H groups in total. The highest BCUT2D eigenvalue weighted by molar-refractivity contribution is 9.09. The predicted octanol–water partition coefficient (Wildman–Crippen LogP) is 1.40. The molecule has 0 aromatic carbocycles. The summed E-state index contributed by atoms with van der Waals surface area (Å²) >= 11 is 3.04. The van der Waals surface area contributed by atoms with Crippen molar-refractivity contribution in [2.75, 3.05) is 11.9 Å². The van der Waals surface area contributed by atoms with E-state index in [1.54, 1.807) is 0 Å². The van der Waals surface area contributed by atoms with Crippen LogP contribution in [0.3, 0.4) is 0 Å². The van der Waals surface area contributed by atoms with Crippen LogP contribution in [0.4, 0.5) is 8.78 Å². The molecule has 1 aliphatic rings. The lowest BCUT2D eigenvalue weighted by atomic mass is 10.6. The predicted molar refractivity (Wildman–Crippen MR) is 48.4 cm³/mol. The summed E-state index contributed by atoms with van der Waals surface area (Å²) in [4.78, 5) is 0. The minimum absolute atomic E-state index is 0.122. The highest BCUT2D eigenvalue weighted by Gasteiger charge is 2.41. The van der Waals surface area contributed by atoms with Gasteiger partial charge in [0.05, 0.1) is 0 Å². The van der Waals surface area contributed by atoms with E-state index in [0.29, 0.717) is 18.2 Å². The monoisotopic (exact) mass is 277 g/mol. The molecular formula is C6H10BrF2NO2S. The van der Waals surface area contributed by atoms with Crippen LogP contribution in [-0.4, -0.2) is 36.4 Å². The zero-order chi connectivity index (χ0) is 10.1. The summed E-state index contributed by atoms with van der Waals surface area (Å²) in [5, 5.41) is 0.384. The number of hydrogen-bond acceptors (Lipinski definition) is 2. The quantitative estimate of drug-likeness (QED) is 0.713. The van der Waals surface area contributed by atoms with Gasteiger partial charge in [0.25, 0.3) is 10.0 Å². The van der Waals surface area contributed by atoms with Crippen LogP contribution < -0.4 is 0 Å². The zero-order valence-electron chi connectivity index (χ0n) is 6.79. The smallest absolute Gasteiger partial charge is 0.206 e. The van der Waals surface area contributed by atoms with E-state index in [2.05, 4.69) is 15.9 Å². The van der Waals surface area contributed by atoms with Crippen LogP contribution >= 0.6 is 15.9 Å². The normalized spacial score (nSPS) is 18.5. The fourth-order valence-corrected chi connectivity index (χ4v) is 2.86. The van der Waals surface area contributed by atoms with Gasteiger partial charge in [0.2, 0.25) is 0 Å². The van der Waals surface area contributed by atoms with Crippen LogP contribution in [0.1, 0.15) is 12.8 Å². The molecule has 1 fully saturated rings. The van der Waals surface area contributed by atoms with Gasteiger partial charge in [-0.25, -0.2) is 8.42 Å². The average molecular weight is 278 g/mol. The highest BCUT2D eigenvalue weighted by Crippen LogP contribution is 2.31. The number of sulfonamides is 1. The molecule has 0 aromatic rings. The molecule has 0 saturated heterocycles. The van der Waals surface area contributed by atoms with Gasteiger partial charge in [0.15, 0.2) is 0 Å². The van der Waals surface area contributed by atoms with Crippen molar-refractivity contribution in [1.29, 1.82) is 0 Å². The average Bonchev–Trinajstić information content (AvgIpc) is 2.82. The van der Waals surface area contributed by atoms with Gasteiger partial charge in [0.1, 0.15) is 0 Å². The molecule has 0 aliphatic heterocycles. The molecule has 0 bridgehead atoms. The maximum absolute atomic E-state index is 12.1. The molecule has 0 atom stereocenters. The molecule has 0 unspecified atom stereocenters. The molecule has 0 aromatic heterocycles. The summed E-state index contributed by atoms with van der Waals surface area (Å²) in [5.74, 6) is -3.30. The Morgan fingerprint density at radius 2 is 2.00 bits per heavy atom. The Labute approximate surface area is 84.3 Å². The van der Waals surface area contributed by atoms with Gasteiger partial charge >= 0.3 is 5.76 Å². The second kappa shape index (κ2) is 4.18. The SMILES string of the molecule is O=S(=O)(C(F)F)N(CCBr)C1CC1. The van der Waals surface area contributed by atoms with Crippen LogP contribution in [0.2, 0.25) is 0 Å². The molecule has 1 aliphatic carbocycles. The molecule has 78 valence electrons. The van der Waals surface area contributed by atoms with Crippen molar-refractivity contribution in [3.8, 4) is 0 Å². The number of halogens is 3. The molecule has 13 heavy (non-hydrogen) atoms. The summed E-state index contributed by atoms with van der Waals surface area (Å²) in [6.07, 6.45) is 1.39. The molecule has 0 heterocycles. The number of hydrogen-bond donors (Lipinski definition) is 0. The minimum Gasteiger partial charge on any atom is -0.206 e. The first-order valence-electron chi connectivity index (χ1n) is 3.85. The van der Waals surface area contributed by atoms with Crippen molar-refractivity contribution in [3.63, 3.8) is 0 Å². The van der Waals surface area contributed by atoms with E-state index in [1.807, 2.05) is 0 Å². The second-order valence-electron chi connectivity index (χ2n) is 2.84. The Morgan fingerprint density at radius 3 is 2.31 bits per heavy atom. The topological polar surface area (TPSA) is 37.4 Å². The Morgan fingerprint density at radius 1 is 1.46 bits per heavy atom. The Hall–Kier alpha value is 0.250. The lowest BCUT2D eigenvalue weighted by Crippen LogP contribution is -2.38. The Balaban J connectivity index is 2.73. The van der Waals surface area contributed by atoms with Gasteiger partial charge in [-0.15, -0.1) is 0 Å². The Kier molecular flexibility index (Phi) is 3.64. The van der Waals surface area contributed by atoms with Gasteiger partial charge in [0, 0.05) is 17.9 Å². The van der Waals surface area contributed by atoms with E-state index in [1.165, 1.54) is 0 Å². The van der Waals surface area contributed by atoms with Gasteiger partial charge in [-0.05, 0) is 12.8 Å². The van der Waals surface area contributed by atoms with Gasteiger partial charge < -0.3 is 0 Å². The first-order valence-corrected chi connectivity index (χ1v) is 6.47. The second-order valence-corrected chi connectivity index (χ2v) is 5.48. The lowest BCUT2D eigenvalue weighted by Gasteiger charge is -2.19. The zero-order valence-corrected chi connectivity index (χ0v) is 9.19. The maximum Gasteiger partial charge on any atom is 0.350 e. The molecule has 0 spiro atoms. The molecule has 7 heteroatoms. The molecule has 3 nitrogen and oxygen atoms in total. The standard InChI is InChI=1S/C6H10BrF2NO2S/c7-3-4-10(5-1-2-5)13(11,12)6(8)9/h5-6H,1-4H2. The van der Waals surface area contributed by atoms with Crippen LogP contribution in [0.25, 0.3) is 0 Å². The van der Waals surface area contributed by atoms with E-state index in [9.17, 15) is 17.2 Å². The fraction of sp³-hybridized carbons (Fsp3) is 1.00. The molecular weight excluding hydrogens is 268 g/mol. The van der Waals surface area contributed by atoms with E-state index in [4.69, 9.17) is 0 Å². The summed E-state index contributed by atoms with van der Waals surface area (Å²) in [6.45, 7) is 0.122. The summed E-state index contributed by atoms with van der Waals surface area (Å²) in [6, 6.07) is -0.198. The lowest BCUT2D eigenvalue weighted by molar-refractivity contribution is 0.219. The maximum atomic E-state index is 12.1. The van der Waals surface area contributed by atoms with Crippen molar-refractivity contribution in [3.05, 3.63) is 0 Å². The first kappa shape index (κ1) is 11.3. The van der Waals surface area contributed by atoms with E-state index >= 15 is 0 Å². The van der Waals surface area contributed by atoms with E-state index in [-0.39, 0.29) is 12.6 Å². The largest absolute Gasteiger partial charge is 0.350 e. The fourth-order valence-electron chi connectivity index (χ4n) is 1.07. The van der Waals surface area contributed by atoms with Crippen molar-refractivity contribution in [1.82, 2.24) is 4.31 Å². The number of alkyl halides is 3. The van der Waals surface area contributed by atoms with Crippen LogP contribution in [0.15, 0.2) is 0 Å². The first-order chi connectivity index (χ1) is 6.00. The molecule has 0 amide bonds. The van der Waals surface area contributed by atoms with Crippen LogP contribution in [-0.2, 0) is 10.0 Å². The molecule has 1 rings (SSSR count). The van der Waals surface area contributed by atoms with Crippen molar-refractivity contribution >= 4 is 26.0 Å². The van der Waals surface area contributed by atoms with Crippen LogP contribution in [0, 0.1) is 0 Å². The van der Waals surface area contributed by atoms with Gasteiger partial charge in [-0.3, -0.25) is 0 Å². The van der Waals surface area contributed by atoms with Crippen molar-refractivity contribution in [2.24, 2.45) is 0 Å².